The molecule has 0 atom stereocenters. The third-order valence-electron chi connectivity index (χ3n) is 5.95. The van der Waals surface area contributed by atoms with Crippen molar-refractivity contribution < 1.29 is 32.6 Å². The molecule has 3 rings (SSSR count). The van der Waals surface area contributed by atoms with Gasteiger partial charge in [0.05, 0.1) is 6.42 Å². The van der Waals surface area contributed by atoms with Crippen molar-refractivity contribution in [3.05, 3.63) is 94.5 Å². The summed E-state index contributed by atoms with van der Waals surface area (Å²) in [6, 6.07) is 19.0. The van der Waals surface area contributed by atoms with Crippen molar-refractivity contribution >= 4 is 17.6 Å². The highest BCUT2D eigenvalue weighted by Crippen LogP contribution is 2.26. The Labute approximate surface area is 220 Å². The summed E-state index contributed by atoms with van der Waals surface area (Å²) in [7, 11) is 0. The zero-order valence-electron chi connectivity index (χ0n) is 21.3. The summed E-state index contributed by atoms with van der Waals surface area (Å²) in [6.45, 7) is 5.19. The van der Waals surface area contributed by atoms with Gasteiger partial charge in [0.1, 0.15) is 5.75 Å². The Kier molecular flexibility index (Phi) is 9.76. The predicted molar refractivity (Wildman–Crippen MR) is 139 cm³/mol. The van der Waals surface area contributed by atoms with E-state index >= 15 is 0 Å². The molecule has 0 spiro atoms. The molecule has 202 valence electrons. The van der Waals surface area contributed by atoms with Crippen LogP contribution in [0.1, 0.15) is 52.4 Å². The second-order valence-corrected chi connectivity index (χ2v) is 9.01. The van der Waals surface area contributed by atoms with Crippen molar-refractivity contribution in [2.75, 3.05) is 11.4 Å². The SMILES string of the molecule is CCCc1ccc(CN(Cc2ccc(OC(F)(F)F)cc2)c2ccc(C(=O)NCCC(=O)O)cc2)cc1C. The third-order valence-corrected chi connectivity index (χ3v) is 5.95. The number of amides is 1. The summed E-state index contributed by atoms with van der Waals surface area (Å²) < 4.78 is 41.6. The van der Waals surface area contributed by atoms with Crippen LogP contribution < -0.4 is 15.0 Å². The Morgan fingerprint density at radius 1 is 0.947 bits per heavy atom. The standard InChI is InChI=1S/C29H31F3N2O4/c1-3-4-23-8-5-22(17-20(23)2)19-34(18-21-6-13-26(14-7-21)38-29(30,31)32)25-11-9-24(10-12-25)28(37)33-16-15-27(35)36/h5-14,17H,3-4,15-16,18-19H2,1-2H3,(H,33,37)(H,35,36). The van der Waals surface area contributed by atoms with Crippen molar-refractivity contribution in [1.82, 2.24) is 5.32 Å². The molecular formula is C29H31F3N2O4. The zero-order valence-corrected chi connectivity index (χ0v) is 21.3. The maximum Gasteiger partial charge on any atom is 0.573 e. The summed E-state index contributed by atoms with van der Waals surface area (Å²) in [6.07, 6.45) is -2.87. The van der Waals surface area contributed by atoms with Crippen molar-refractivity contribution in [1.29, 1.82) is 0 Å². The first-order valence-electron chi connectivity index (χ1n) is 12.3. The van der Waals surface area contributed by atoms with Crippen LogP contribution in [0.2, 0.25) is 0 Å². The third kappa shape index (κ3) is 8.83. The first-order valence-corrected chi connectivity index (χ1v) is 12.3. The number of nitrogens with zero attached hydrogens (tertiary/aromatic N) is 1. The summed E-state index contributed by atoms with van der Waals surface area (Å²) in [4.78, 5) is 25.1. The molecule has 0 heterocycles. The molecule has 0 saturated heterocycles. The Bertz CT molecular complexity index is 1230. The van der Waals surface area contributed by atoms with Crippen molar-refractivity contribution in [3.63, 3.8) is 0 Å². The lowest BCUT2D eigenvalue weighted by Crippen LogP contribution is -2.26. The number of aliphatic carboxylic acids is 1. The number of anilines is 1. The summed E-state index contributed by atoms with van der Waals surface area (Å²) in [5.41, 5.74) is 5.57. The highest BCUT2D eigenvalue weighted by molar-refractivity contribution is 5.94. The summed E-state index contributed by atoms with van der Waals surface area (Å²) in [5.74, 6) is -1.65. The van der Waals surface area contributed by atoms with Gasteiger partial charge in [0.25, 0.3) is 5.91 Å². The van der Waals surface area contributed by atoms with Crippen LogP contribution in [0.15, 0.2) is 66.7 Å². The molecule has 3 aromatic rings. The van der Waals surface area contributed by atoms with E-state index in [2.05, 4.69) is 47.0 Å². The van der Waals surface area contributed by atoms with Crippen LogP contribution >= 0.6 is 0 Å². The second-order valence-electron chi connectivity index (χ2n) is 9.01. The normalized spacial score (nSPS) is 11.2. The highest BCUT2D eigenvalue weighted by Gasteiger charge is 2.31. The molecule has 6 nitrogen and oxygen atoms in total. The molecule has 0 aliphatic rings. The minimum Gasteiger partial charge on any atom is -0.481 e. The minimum atomic E-state index is -4.75. The monoisotopic (exact) mass is 528 g/mol. The van der Waals surface area contributed by atoms with Gasteiger partial charge in [-0.05, 0) is 72.0 Å². The Hall–Kier alpha value is -4.01. The topological polar surface area (TPSA) is 78.9 Å². The van der Waals surface area contributed by atoms with E-state index in [-0.39, 0.29) is 24.6 Å². The molecule has 0 aliphatic heterocycles. The van der Waals surface area contributed by atoms with Crippen LogP contribution in [0.25, 0.3) is 0 Å². The summed E-state index contributed by atoms with van der Waals surface area (Å²) in [5, 5.41) is 11.3. The van der Waals surface area contributed by atoms with Crippen LogP contribution in [0.3, 0.4) is 0 Å². The van der Waals surface area contributed by atoms with Gasteiger partial charge in [-0.25, -0.2) is 0 Å². The fraction of sp³-hybridized carbons (Fsp3) is 0.310. The number of alkyl halides is 3. The van der Waals surface area contributed by atoms with Crippen molar-refractivity contribution in [3.8, 4) is 5.75 Å². The van der Waals surface area contributed by atoms with E-state index in [9.17, 15) is 22.8 Å². The highest BCUT2D eigenvalue weighted by atomic mass is 19.4. The zero-order chi connectivity index (χ0) is 27.7. The molecule has 38 heavy (non-hydrogen) atoms. The molecule has 0 aliphatic carbocycles. The van der Waals surface area contributed by atoms with Crippen molar-refractivity contribution in [2.24, 2.45) is 0 Å². The maximum atomic E-state index is 12.5. The molecular weight excluding hydrogens is 497 g/mol. The number of carbonyl (C=O) groups is 2. The van der Waals surface area contributed by atoms with Crippen LogP contribution in [-0.4, -0.2) is 29.9 Å². The van der Waals surface area contributed by atoms with Gasteiger partial charge in [0, 0.05) is 30.9 Å². The fourth-order valence-electron chi connectivity index (χ4n) is 4.09. The predicted octanol–water partition coefficient (Wildman–Crippen LogP) is 6.26. The lowest BCUT2D eigenvalue weighted by molar-refractivity contribution is -0.274. The van der Waals surface area contributed by atoms with Crippen molar-refractivity contribution in [2.45, 2.75) is 52.6 Å². The van der Waals surface area contributed by atoms with Gasteiger partial charge < -0.3 is 20.1 Å². The minimum absolute atomic E-state index is 0.0312. The number of ether oxygens (including phenoxy) is 1. The van der Waals surface area contributed by atoms with E-state index in [0.29, 0.717) is 18.7 Å². The molecule has 0 fully saturated rings. The lowest BCUT2D eigenvalue weighted by Gasteiger charge is -2.26. The Balaban J connectivity index is 1.81. The molecule has 1 amide bonds. The Morgan fingerprint density at radius 3 is 2.16 bits per heavy atom. The van der Waals surface area contributed by atoms with Gasteiger partial charge in [-0.2, -0.15) is 0 Å². The Morgan fingerprint density at radius 2 is 1.58 bits per heavy atom. The smallest absolute Gasteiger partial charge is 0.481 e. The largest absolute Gasteiger partial charge is 0.573 e. The maximum absolute atomic E-state index is 12.5. The second kappa shape index (κ2) is 13.0. The lowest BCUT2D eigenvalue weighted by atomic mass is 10.0. The van der Waals surface area contributed by atoms with E-state index < -0.39 is 12.3 Å². The number of carbonyl (C=O) groups excluding carboxylic acids is 1. The molecule has 0 bridgehead atoms. The number of nitrogens with one attached hydrogen (secondary N) is 1. The van der Waals surface area contributed by atoms with Gasteiger partial charge in [0.2, 0.25) is 0 Å². The number of hydrogen-bond acceptors (Lipinski definition) is 4. The number of carboxylic acids is 1. The van der Waals surface area contributed by atoms with Crippen LogP contribution in [-0.2, 0) is 24.3 Å². The quantitative estimate of drug-likeness (QED) is 0.290. The van der Waals surface area contributed by atoms with Gasteiger partial charge in [-0.1, -0.05) is 43.7 Å². The van der Waals surface area contributed by atoms with Crippen LogP contribution in [0, 0.1) is 6.92 Å². The van der Waals surface area contributed by atoms with E-state index in [0.717, 1.165) is 29.7 Å². The van der Waals surface area contributed by atoms with E-state index in [1.807, 2.05) is 0 Å². The van der Waals surface area contributed by atoms with Crippen LogP contribution in [0.4, 0.5) is 18.9 Å². The van der Waals surface area contributed by atoms with Gasteiger partial charge in [0.15, 0.2) is 0 Å². The first-order chi connectivity index (χ1) is 18.0. The van der Waals surface area contributed by atoms with E-state index in [1.165, 1.54) is 23.3 Å². The fourth-order valence-corrected chi connectivity index (χ4v) is 4.09. The first kappa shape index (κ1) is 28.6. The molecule has 3 aromatic carbocycles. The molecule has 2 N–H and O–H groups in total. The van der Waals surface area contributed by atoms with Gasteiger partial charge >= 0.3 is 12.3 Å². The number of benzene rings is 3. The molecule has 0 unspecified atom stereocenters. The van der Waals surface area contributed by atoms with E-state index in [1.54, 1.807) is 36.4 Å². The van der Waals surface area contributed by atoms with Gasteiger partial charge in [-0.15, -0.1) is 13.2 Å². The molecule has 0 saturated carbocycles. The van der Waals surface area contributed by atoms with Crippen LogP contribution in [0.5, 0.6) is 5.75 Å². The number of hydrogen-bond donors (Lipinski definition) is 2. The molecule has 0 radical (unpaired) electrons. The average molecular weight is 529 g/mol. The number of carboxylic acid groups (broad SMARTS) is 1. The number of aryl methyl sites for hydroxylation is 2. The molecule has 9 heteroatoms. The molecule has 0 aromatic heterocycles. The number of halogens is 3. The average Bonchev–Trinajstić information content (AvgIpc) is 2.85. The van der Waals surface area contributed by atoms with E-state index in [4.69, 9.17) is 5.11 Å². The number of rotatable bonds is 12. The summed E-state index contributed by atoms with van der Waals surface area (Å²) >= 11 is 0. The van der Waals surface area contributed by atoms with Gasteiger partial charge in [-0.3, -0.25) is 9.59 Å².